The van der Waals surface area contributed by atoms with Crippen molar-refractivity contribution in [1.82, 2.24) is 0 Å². The highest BCUT2D eigenvalue weighted by molar-refractivity contribution is 9.10. The van der Waals surface area contributed by atoms with Gasteiger partial charge in [0.1, 0.15) is 0 Å². The zero-order chi connectivity index (χ0) is 11.5. The minimum absolute atomic E-state index is 0.145. The fraction of sp³-hybridized carbons (Fsp3) is 0.417. The molecule has 1 unspecified atom stereocenters. The number of anilines is 1. The summed E-state index contributed by atoms with van der Waals surface area (Å²) in [6.45, 7) is 0.908. The molecule has 0 spiro atoms. The summed E-state index contributed by atoms with van der Waals surface area (Å²) >= 11 is 3.54. The van der Waals surface area contributed by atoms with Crippen LogP contribution in [-0.4, -0.2) is 19.6 Å². The topological polar surface area (TPSA) is 38.3 Å². The Balaban J connectivity index is 2.28. The highest BCUT2D eigenvalue weighted by Crippen LogP contribution is 2.38. The first-order valence-electron chi connectivity index (χ1n) is 5.31. The molecule has 86 valence electrons. The normalized spacial score (nSPS) is 18.5. The maximum atomic E-state index is 11.3. The molecule has 0 aromatic heterocycles. The van der Waals surface area contributed by atoms with Crippen LogP contribution in [0.5, 0.6) is 0 Å². The second-order valence-electron chi connectivity index (χ2n) is 3.89. The number of carbonyl (C=O) groups excluding carboxylic acids is 1. The molecule has 0 bridgehead atoms. The maximum Gasteiger partial charge on any atom is 0.306 e. The summed E-state index contributed by atoms with van der Waals surface area (Å²) in [5, 5.41) is 3.34. The van der Waals surface area contributed by atoms with Gasteiger partial charge in [-0.1, -0.05) is 22.0 Å². The third-order valence-corrected chi connectivity index (χ3v) is 3.60. The Morgan fingerprint density at radius 3 is 3.19 bits per heavy atom. The SMILES string of the molecule is COC(=O)CC1CCNc2cccc(Br)c21. The van der Waals surface area contributed by atoms with Gasteiger partial charge < -0.3 is 10.1 Å². The van der Waals surface area contributed by atoms with Gasteiger partial charge in [0.25, 0.3) is 0 Å². The van der Waals surface area contributed by atoms with Crippen molar-refractivity contribution in [2.75, 3.05) is 19.0 Å². The molecule has 1 aliphatic rings. The average molecular weight is 284 g/mol. The van der Waals surface area contributed by atoms with Crippen LogP contribution in [0.3, 0.4) is 0 Å². The van der Waals surface area contributed by atoms with Crippen LogP contribution in [0.4, 0.5) is 5.69 Å². The van der Waals surface area contributed by atoms with Crippen LogP contribution < -0.4 is 5.32 Å². The van der Waals surface area contributed by atoms with Crippen molar-refractivity contribution < 1.29 is 9.53 Å². The summed E-state index contributed by atoms with van der Waals surface area (Å²) < 4.78 is 5.79. The molecule has 4 heteroatoms. The van der Waals surface area contributed by atoms with E-state index >= 15 is 0 Å². The number of benzene rings is 1. The zero-order valence-corrected chi connectivity index (χ0v) is 10.7. The number of nitrogens with one attached hydrogen (secondary N) is 1. The average Bonchev–Trinajstić information content (AvgIpc) is 2.29. The van der Waals surface area contributed by atoms with Crippen LogP contribution in [0.25, 0.3) is 0 Å². The van der Waals surface area contributed by atoms with Crippen molar-refractivity contribution in [2.45, 2.75) is 18.8 Å². The largest absolute Gasteiger partial charge is 0.469 e. The predicted molar refractivity (Wildman–Crippen MR) is 66.6 cm³/mol. The molecule has 0 radical (unpaired) electrons. The van der Waals surface area contributed by atoms with Crippen LogP contribution in [0.15, 0.2) is 22.7 Å². The Bertz CT molecular complexity index is 406. The number of carbonyl (C=O) groups is 1. The molecule has 0 saturated heterocycles. The van der Waals surface area contributed by atoms with Crippen molar-refractivity contribution in [3.05, 3.63) is 28.2 Å². The van der Waals surface area contributed by atoms with Gasteiger partial charge in [0.2, 0.25) is 0 Å². The predicted octanol–water partition coefficient (Wildman–Crippen LogP) is 2.91. The molecule has 1 aliphatic heterocycles. The number of rotatable bonds is 2. The molecule has 0 amide bonds. The fourth-order valence-corrected chi connectivity index (χ4v) is 2.81. The monoisotopic (exact) mass is 283 g/mol. The Hall–Kier alpha value is -1.03. The lowest BCUT2D eigenvalue weighted by Gasteiger charge is -2.27. The maximum absolute atomic E-state index is 11.3. The summed E-state index contributed by atoms with van der Waals surface area (Å²) in [7, 11) is 1.43. The summed E-state index contributed by atoms with van der Waals surface area (Å²) in [6, 6.07) is 6.05. The van der Waals surface area contributed by atoms with E-state index in [9.17, 15) is 4.79 Å². The van der Waals surface area contributed by atoms with E-state index in [4.69, 9.17) is 4.74 Å². The van der Waals surface area contributed by atoms with Gasteiger partial charge in [-0.3, -0.25) is 4.79 Å². The molecule has 2 rings (SSSR count). The van der Waals surface area contributed by atoms with Gasteiger partial charge in [0, 0.05) is 16.7 Å². The molecule has 16 heavy (non-hydrogen) atoms. The van der Waals surface area contributed by atoms with Crippen LogP contribution in [0.1, 0.15) is 24.3 Å². The fourth-order valence-electron chi connectivity index (χ4n) is 2.12. The number of hydrogen-bond acceptors (Lipinski definition) is 3. The van der Waals surface area contributed by atoms with Crippen molar-refractivity contribution in [3.63, 3.8) is 0 Å². The van der Waals surface area contributed by atoms with Gasteiger partial charge in [0.05, 0.1) is 13.5 Å². The number of hydrogen-bond donors (Lipinski definition) is 1. The summed E-state index contributed by atoms with van der Waals surface area (Å²) in [4.78, 5) is 11.3. The first-order valence-corrected chi connectivity index (χ1v) is 6.10. The quantitative estimate of drug-likeness (QED) is 0.849. The molecule has 1 atom stereocenters. The van der Waals surface area contributed by atoms with Gasteiger partial charge in [-0.25, -0.2) is 0 Å². The molecular formula is C12H14BrNO2. The first-order chi connectivity index (χ1) is 7.72. The molecule has 1 aromatic carbocycles. The Labute approximate surface area is 103 Å². The van der Waals surface area contributed by atoms with E-state index < -0.39 is 0 Å². The highest BCUT2D eigenvalue weighted by Gasteiger charge is 2.24. The van der Waals surface area contributed by atoms with E-state index in [-0.39, 0.29) is 11.9 Å². The van der Waals surface area contributed by atoms with Gasteiger partial charge in [-0.2, -0.15) is 0 Å². The molecule has 1 aromatic rings. The summed E-state index contributed by atoms with van der Waals surface area (Å²) in [6.07, 6.45) is 1.42. The van der Waals surface area contributed by atoms with Crippen molar-refractivity contribution in [3.8, 4) is 0 Å². The minimum atomic E-state index is -0.145. The summed E-state index contributed by atoms with van der Waals surface area (Å²) in [5.74, 6) is 0.105. The lowest BCUT2D eigenvalue weighted by atomic mass is 9.88. The van der Waals surface area contributed by atoms with Crippen LogP contribution in [0.2, 0.25) is 0 Å². The number of fused-ring (bicyclic) bond motifs is 1. The Morgan fingerprint density at radius 1 is 1.62 bits per heavy atom. The highest BCUT2D eigenvalue weighted by atomic mass is 79.9. The molecule has 1 N–H and O–H groups in total. The smallest absolute Gasteiger partial charge is 0.306 e. The van der Waals surface area contributed by atoms with Crippen molar-refractivity contribution >= 4 is 27.6 Å². The molecule has 0 fully saturated rings. The van der Waals surface area contributed by atoms with Crippen molar-refractivity contribution in [1.29, 1.82) is 0 Å². The van der Waals surface area contributed by atoms with Crippen LogP contribution >= 0.6 is 15.9 Å². The van der Waals surface area contributed by atoms with Crippen LogP contribution in [0, 0.1) is 0 Å². The van der Waals surface area contributed by atoms with Crippen LogP contribution in [-0.2, 0) is 9.53 Å². The Morgan fingerprint density at radius 2 is 2.44 bits per heavy atom. The van der Waals surface area contributed by atoms with E-state index in [0.717, 1.165) is 23.1 Å². The Kier molecular flexibility index (Phi) is 3.49. The van der Waals surface area contributed by atoms with Gasteiger partial charge >= 0.3 is 5.97 Å². The summed E-state index contributed by atoms with van der Waals surface area (Å²) in [5.41, 5.74) is 2.31. The second-order valence-corrected chi connectivity index (χ2v) is 4.75. The lowest BCUT2D eigenvalue weighted by Crippen LogP contribution is -2.20. The molecule has 3 nitrogen and oxygen atoms in total. The van der Waals surface area contributed by atoms with E-state index in [1.807, 2.05) is 18.2 Å². The number of halogens is 1. The minimum Gasteiger partial charge on any atom is -0.469 e. The van der Waals surface area contributed by atoms with E-state index in [2.05, 4.69) is 21.2 Å². The van der Waals surface area contributed by atoms with Crippen molar-refractivity contribution in [2.24, 2.45) is 0 Å². The standard InChI is InChI=1S/C12H14BrNO2/c1-16-11(15)7-8-5-6-14-10-4-2-3-9(13)12(8)10/h2-4,8,14H,5-7H2,1H3. The lowest BCUT2D eigenvalue weighted by molar-refractivity contribution is -0.141. The third kappa shape index (κ3) is 2.21. The third-order valence-electron chi connectivity index (χ3n) is 2.91. The van der Waals surface area contributed by atoms with Gasteiger partial charge in [-0.15, -0.1) is 0 Å². The number of esters is 1. The number of ether oxygens (including phenoxy) is 1. The molecule has 1 heterocycles. The van der Waals surface area contributed by atoms with Gasteiger partial charge in [-0.05, 0) is 30.0 Å². The first kappa shape index (κ1) is 11.5. The zero-order valence-electron chi connectivity index (χ0n) is 9.13. The molecule has 0 aliphatic carbocycles. The second kappa shape index (κ2) is 4.87. The van der Waals surface area contributed by atoms with Gasteiger partial charge in [0.15, 0.2) is 0 Å². The number of methoxy groups -OCH3 is 1. The van der Waals surface area contributed by atoms with E-state index in [0.29, 0.717) is 6.42 Å². The molecular weight excluding hydrogens is 270 g/mol. The van der Waals surface area contributed by atoms with E-state index in [1.165, 1.54) is 12.7 Å². The van der Waals surface area contributed by atoms with E-state index in [1.54, 1.807) is 0 Å². The molecule has 0 saturated carbocycles.